The van der Waals surface area contributed by atoms with E-state index in [9.17, 15) is 0 Å². The van der Waals surface area contributed by atoms with Crippen LogP contribution in [0, 0.1) is 0 Å². The molecule has 3 N–H and O–H groups in total. The third-order valence-electron chi connectivity index (χ3n) is 4.30. The van der Waals surface area contributed by atoms with Gasteiger partial charge in [0.25, 0.3) is 0 Å². The van der Waals surface area contributed by atoms with Crippen LogP contribution in [-0.4, -0.2) is 24.6 Å². The number of hydrogen-bond donors (Lipinski definition) is 2. The fraction of sp³-hybridized carbons (Fsp3) is 0.368. The molecule has 6 heteroatoms. The van der Waals surface area contributed by atoms with Crippen molar-refractivity contribution >= 4 is 35.6 Å². The van der Waals surface area contributed by atoms with Gasteiger partial charge in [-0.2, -0.15) is 0 Å². The second kappa shape index (κ2) is 9.60. The Morgan fingerprint density at radius 1 is 1.20 bits per heavy atom. The molecule has 0 unspecified atom stereocenters. The van der Waals surface area contributed by atoms with E-state index in [1.807, 2.05) is 18.2 Å². The van der Waals surface area contributed by atoms with Gasteiger partial charge in [-0.3, -0.25) is 4.99 Å². The molecule has 1 aliphatic carbocycles. The zero-order chi connectivity index (χ0) is 16.8. The molecule has 1 aromatic carbocycles. The van der Waals surface area contributed by atoms with Crippen LogP contribution < -0.4 is 15.8 Å². The Morgan fingerprint density at radius 2 is 2.00 bits per heavy atom. The van der Waals surface area contributed by atoms with Crippen LogP contribution in [0.25, 0.3) is 0 Å². The molecule has 0 radical (unpaired) electrons. The Bertz CT molecular complexity index is 733. The van der Waals surface area contributed by atoms with Gasteiger partial charge in [0.05, 0.1) is 7.11 Å². The Kier molecular flexibility index (Phi) is 7.49. The van der Waals surface area contributed by atoms with E-state index < -0.39 is 0 Å². The number of pyridine rings is 1. The van der Waals surface area contributed by atoms with Crippen LogP contribution in [0.3, 0.4) is 0 Å². The van der Waals surface area contributed by atoms with Crippen molar-refractivity contribution in [2.45, 2.75) is 32.1 Å². The van der Waals surface area contributed by atoms with E-state index in [1.54, 1.807) is 7.11 Å². The molecule has 1 heterocycles. The maximum Gasteiger partial charge on any atom is 0.213 e. The molecule has 0 spiro atoms. The van der Waals surface area contributed by atoms with Gasteiger partial charge in [0, 0.05) is 30.4 Å². The molecule has 134 valence electrons. The van der Waals surface area contributed by atoms with E-state index in [1.165, 1.54) is 24.0 Å². The highest BCUT2D eigenvalue weighted by Gasteiger charge is 2.13. The van der Waals surface area contributed by atoms with Gasteiger partial charge < -0.3 is 15.8 Å². The molecule has 25 heavy (non-hydrogen) atoms. The van der Waals surface area contributed by atoms with Gasteiger partial charge >= 0.3 is 0 Å². The van der Waals surface area contributed by atoms with Crippen LogP contribution in [0.1, 0.15) is 29.7 Å². The first-order valence-corrected chi connectivity index (χ1v) is 8.44. The summed E-state index contributed by atoms with van der Waals surface area (Å²) in [4.78, 5) is 8.80. The lowest BCUT2D eigenvalue weighted by Gasteiger charge is -2.19. The first-order valence-electron chi connectivity index (χ1n) is 8.44. The van der Waals surface area contributed by atoms with E-state index in [0.29, 0.717) is 18.4 Å². The summed E-state index contributed by atoms with van der Waals surface area (Å²) in [5.74, 6) is 1.08. The lowest BCUT2D eigenvalue weighted by Crippen LogP contribution is -2.24. The number of benzene rings is 1. The molecule has 0 saturated heterocycles. The molecule has 0 atom stereocenters. The quantitative estimate of drug-likeness (QED) is 0.414. The van der Waals surface area contributed by atoms with Crippen LogP contribution in [0.2, 0.25) is 0 Å². The zero-order valence-corrected chi connectivity index (χ0v) is 16.8. The lowest BCUT2D eigenvalue weighted by atomic mass is 9.90. The third-order valence-corrected chi connectivity index (χ3v) is 4.30. The Hall–Kier alpha value is -1.83. The topological polar surface area (TPSA) is 72.5 Å². The van der Waals surface area contributed by atoms with Crippen molar-refractivity contribution in [3.05, 3.63) is 53.2 Å². The number of aryl methyl sites for hydroxylation is 1. The summed E-state index contributed by atoms with van der Waals surface area (Å²) >= 11 is 0. The van der Waals surface area contributed by atoms with E-state index in [4.69, 9.17) is 10.5 Å². The molecule has 0 amide bonds. The third kappa shape index (κ3) is 5.32. The number of nitrogens with one attached hydrogen (secondary N) is 1. The predicted molar refractivity (Wildman–Crippen MR) is 113 cm³/mol. The van der Waals surface area contributed by atoms with Crippen molar-refractivity contribution in [2.24, 2.45) is 10.7 Å². The van der Waals surface area contributed by atoms with Crippen LogP contribution in [-0.2, 0) is 19.3 Å². The fourth-order valence-electron chi connectivity index (χ4n) is 3.08. The SMILES string of the molecule is COc1cccc(CCN=C(N)Nc2cccc3c2CCCC3)n1.I. The summed E-state index contributed by atoms with van der Waals surface area (Å²) in [6.07, 6.45) is 5.51. The van der Waals surface area contributed by atoms with E-state index in [2.05, 4.69) is 33.5 Å². The number of rotatable bonds is 5. The summed E-state index contributed by atoms with van der Waals surface area (Å²) in [5.41, 5.74) is 10.9. The first-order chi connectivity index (χ1) is 11.8. The van der Waals surface area contributed by atoms with Crippen molar-refractivity contribution < 1.29 is 4.74 Å². The number of nitrogens with two attached hydrogens (primary N) is 1. The number of aromatic nitrogens is 1. The number of fused-ring (bicyclic) bond motifs is 1. The molecule has 2 aromatic rings. The molecular formula is C19H25IN4O. The number of aliphatic imine (C=N–C) groups is 1. The van der Waals surface area contributed by atoms with Gasteiger partial charge in [-0.15, -0.1) is 24.0 Å². The number of hydrogen-bond acceptors (Lipinski definition) is 3. The Balaban J connectivity index is 0.00000225. The van der Waals surface area contributed by atoms with Gasteiger partial charge in [-0.05, 0) is 48.9 Å². The van der Waals surface area contributed by atoms with Crippen molar-refractivity contribution in [1.82, 2.24) is 4.98 Å². The average Bonchev–Trinajstić information content (AvgIpc) is 2.62. The zero-order valence-electron chi connectivity index (χ0n) is 14.5. The van der Waals surface area contributed by atoms with E-state index in [-0.39, 0.29) is 24.0 Å². The Morgan fingerprint density at radius 3 is 2.84 bits per heavy atom. The normalized spacial score (nSPS) is 13.6. The molecule has 5 nitrogen and oxygen atoms in total. The molecular weight excluding hydrogens is 427 g/mol. The molecule has 1 aromatic heterocycles. The summed E-state index contributed by atoms with van der Waals surface area (Å²) < 4.78 is 5.13. The second-order valence-corrected chi connectivity index (χ2v) is 5.96. The predicted octanol–water partition coefficient (Wildman–Crippen LogP) is 3.56. The van der Waals surface area contributed by atoms with E-state index >= 15 is 0 Å². The second-order valence-electron chi connectivity index (χ2n) is 5.96. The minimum Gasteiger partial charge on any atom is -0.481 e. The highest BCUT2D eigenvalue weighted by molar-refractivity contribution is 14.0. The molecule has 0 fully saturated rings. The number of ether oxygens (including phenoxy) is 1. The monoisotopic (exact) mass is 452 g/mol. The highest BCUT2D eigenvalue weighted by Crippen LogP contribution is 2.27. The van der Waals surface area contributed by atoms with Crippen molar-refractivity contribution in [3.63, 3.8) is 0 Å². The molecule has 3 rings (SSSR count). The maximum absolute atomic E-state index is 6.05. The van der Waals surface area contributed by atoms with Gasteiger partial charge in [-0.25, -0.2) is 4.98 Å². The van der Waals surface area contributed by atoms with Crippen LogP contribution >= 0.6 is 24.0 Å². The van der Waals surface area contributed by atoms with Crippen LogP contribution in [0.15, 0.2) is 41.4 Å². The summed E-state index contributed by atoms with van der Waals surface area (Å²) in [7, 11) is 1.62. The minimum atomic E-state index is 0. The smallest absolute Gasteiger partial charge is 0.213 e. The number of halogens is 1. The highest BCUT2D eigenvalue weighted by atomic mass is 127. The largest absolute Gasteiger partial charge is 0.481 e. The van der Waals surface area contributed by atoms with Gasteiger partial charge in [0.2, 0.25) is 5.88 Å². The van der Waals surface area contributed by atoms with Crippen LogP contribution in [0.5, 0.6) is 5.88 Å². The summed E-state index contributed by atoms with van der Waals surface area (Å²) in [5, 5.41) is 3.26. The summed E-state index contributed by atoms with van der Waals surface area (Å²) in [6, 6.07) is 12.1. The van der Waals surface area contributed by atoms with Gasteiger partial charge in [0.15, 0.2) is 5.96 Å². The summed E-state index contributed by atoms with van der Waals surface area (Å²) in [6.45, 7) is 0.591. The number of methoxy groups -OCH3 is 1. The molecule has 0 saturated carbocycles. The number of guanidine groups is 1. The van der Waals surface area contributed by atoms with E-state index in [0.717, 1.165) is 30.6 Å². The minimum absolute atomic E-state index is 0. The Labute approximate surface area is 166 Å². The first kappa shape index (κ1) is 19.5. The van der Waals surface area contributed by atoms with Crippen molar-refractivity contribution in [3.8, 4) is 5.88 Å². The molecule has 1 aliphatic rings. The van der Waals surface area contributed by atoms with Crippen molar-refractivity contribution in [2.75, 3.05) is 19.0 Å². The number of anilines is 1. The number of nitrogens with zero attached hydrogens (tertiary/aromatic N) is 2. The fourth-order valence-corrected chi connectivity index (χ4v) is 3.08. The van der Waals surface area contributed by atoms with Crippen molar-refractivity contribution in [1.29, 1.82) is 0 Å². The van der Waals surface area contributed by atoms with Crippen LogP contribution in [0.4, 0.5) is 5.69 Å². The standard InChI is InChI=1S/C19H24N4O.HI/c1-24-18-11-5-8-15(22-18)12-13-21-19(20)23-17-10-4-7-14-6-2-3-9-16(14)17;/h4-5,7-8,10-11H,2-3,6,9,12-13H2,1H3,(H3,20,21,23);1H. The maximum atomic E-state index is 6.05. The average molecular weight is 452 g/mol. The van der Waals surface area contributed by atoms with Gasteiger partial charge in [-0.1, -0.05) is 18.2 Å². The molecule has 0 bridgehead atoms. The lowest BCUT2D eigenvalue weighted by molar-refractivity contribution is 0.396. The molecule has 0 aliphatic heterocycles. The van der Waals surface area contributed by atoms with Gasteiger partial charge in [0.1, 0.15) is 0 Å².